The van der Waals surface area contributed by atoms with Gasteiger partial charge in [0, 0.05) is 28.2 Å². The molecular weight excluding hydrogens is 2500 g/mol. The minimum atomic E-state index is -6.55. The first-order chi connectivity index (χ1) is 46.7. The molecule has 5 aromatic carbocycles. The lowest BCUT2D eigenvalue weighted by Crippen LogP contribution is -2.63. The first-order valence-electron chi connectivity index (χ1n) is 27.8. The Kier molecular flexibility index (Phi) is 29.6. The number of ether oxygens (including phenoxy) is 6. The molecule has 0 radical (unpaired) electrons. The molecule has 0 amide bonds. The number of halogens is 21. The van der Waals surface area contributed by atoms with Crippen LogP contribution in [0.5, 0.6) is 17.2 Å². The first-order valence-corrected chi connectivity index (χ1v) is 42.2. The van der Waals surface area contributed by atoms with E-state index in [-0.39, 0.29) is 54.9 Å². The van der Waals surface area contributed by atoms with Crippen molar-refractivity contribution in [1.29, 1.82) is 0 Å². The minimum Gasteiger partial charge on any atom is -0.748 e. The number of alkyl halides is 12. The predicted molar refractivity (Wildman–Crippen MR) is 408 cm³/mol. The molecule has 0 heterocycles. The molecule has 103 heavy (non-hydrogen) atoms. The van der Waals surface area contributed by atoms with Gasteiger partial charge in [-0.3, -0.25) is 9.59 Å². The molecule has 4 fully saturated rings. The van der Waals surface area contributed by atoms with E-state index >= 15 is 0 Å². The van der Waals surface area contributed by atoms with Crippen molar-refractivity contribution in [1.82, 2.24) is 0 Å². The Morgan fingerprint density at radius 3 is 1.17 bits per heavy atom. The van der Waals surface area contributed by atoms with Crippen LogP contribution in [0.25, 0.3) is 10.8 Å². The van der Waals surface area contributed by atoms with Gasteiger partial charge in [0.1, 0.15) is 0 Å². The lowest BCUT2D eigenvalue weighted by molar-refractivity contribution is -0.356. The molecule has 4 bridgehead atoms. The summed E-state index contributed by atoms with van der Waals surface area (Å²) in [6.07, 6.45) is -20.7. The van der Waals surface area contributed by atoms with Gasteiger partial charge >= 0.3 is 66.1 Å². The van der Waals surface area contributed by atoms with Crippen molar-refractivity contribution in [3.05, 3.63) is 128 Å². The van der Waals surface area contributed by atoms with Gasteiger partial charge in [-0.25, -0.2) is 44.4 Å². The van der Waals surface area contributed by atoms with Crippen molar-refractivity contribution in [3.8, 4) is 17.2 Å². The second-order valence-corrected chi connectivity index (χ2v) is 38.4. The minimum absolute atomic E-state index is 0.0342. The Bertz CT molecular complexity index is 4500. The normalized spacial score (nSPS) is 19.7. The summed E-state index contributed by atoms with van der Waals surface area (Å²) in [4.78, 5) is 76.3. The van der Waals surface area contributed by atoms with Crippen molar-refractivity contribution < 1.29 is 149 Å². The quantitative estimate of drug-likeness (QED) is 0.0150. The van der Waals surface area contributed by atoms with Crippen LogP contribution in [-0.2, 0) is 63.7 Å². The average Bonchev–Trinajstić information content (AvgIpc) is 0.710. The van der Waals surface area contributed by atoms with Crippen LogP contribution in [0.1, 0.15) is 73.1 Å². The average molecular weight is 2540 g/mol. The molecule has 45 heteroatoms. The highest BCUT2D eigenvalue weighted by atomic mass is 127. The van der Waals surface area contributed by atoms with E-state index in [9.17, 15) is 120 Å². The Hall–Kier alpha value is -1.62. The molecule has 4 aliphatic rings. The van der Waals surface area contributed by atoms with Gasteiger partial charge in [-0.15, -0.1) is 0 Å². The third kappa shape index (κ3) is 22.8. The Morgan fingerprint density at radius 2 is 0.796 bits per heavy atom. The van der Waals surface area contributed by atoms with Crippen molar-refractivity contribution in [3.63, 3.8) is 0 Å². The van der Waals surface area contributed by atoms with E-state index in [2.05, 4.69) is 99.8 Å². The van der Waals surface area contributed by atoms with Crippen LogP contribution in [0.15, 0.2) is 84.9 Å². The summed E-state index contributed by atoms with van der Waals surface area (Å²) < 4.78 is 297. The Labute approximate surface area is 698 Å². The van der Waals surface area contributed by atoms with E-state index in [1.807, 2.05) is 125 Å². The predicted octanol–water partition coefficient (Wildman–Crippen LogP) is 15.2. The first kappa shape index (κ1) is 90.3. The highest BCUT2D eigenvalue weighted by molar-refractivity contribution is 14.1. The number of benzene rings is 5. The molecule has 4 aliphatic carbocycles. The smallest absolute Gasteiger partial charge is 0.438 e. The van der Waals surface area contributed by atoms with Crippen LogP contribution >= 0.6 is 203 Å². The van der Waals surface area contributed by atoms with E-state index in [1.165, 1.54) is 18.2 Å². The van der Waals surface area contributed by atoms with Crippen molar-refractivity contribution in [2.24, 2.45) is 22.7 Å². The van der Waals surface area contributed by atoms with E-state index in [0.717, 1.165) is 42.5 Å². The molecule has 4 unspecified atom stereocenters. The van der Waals surface area contributed by atoms with Crippen LogP contribution in [-0.4, -0.2) is 133 Å². The summed E-state index contributed by atoms with van der Waals surface area (Å²) in [5.74, 6) is -14.4. The number of esters is 6. The number of hydrogen-bond donors (Lipinski definition) is 0. The van der Waals surface area contributed by atoms with Crippen molar-refractivity contribution in [2.45, 2.75) is 93.9 Å². The molecule has 4 saturated carbocycles. The van der Waals surface area contributed by atoms with E-state index in [4.69, 9.17) is 18.9 Å². The summed E-state index contributed by atoms with van der Waals surface area (Å²) in [6.45, 7) is 0.633. The second-order valence-electron chi connectivity index (χ2n) is 23.4. The lowest BCUT2D eigenvalue weighted by atomic mass is 9.44. The SMILES string of the molecule is CC(CS(=O)(=O)[O-])(OC(=O)/C=C\C(=O)Oc1c(I)cc(I)cc1I)C(F)(F)F.CC(CS(=O)(=O)[O-])(OC(=O)C12CC3CC(CC(C(=O)Oc4c(I)cc(I)cc4I)(C3)C1)C2)C(F)(F)F.O=C(Oc1c(I)cc(I)cc1I)c1cccc2cccc(C(=O)OC(CS(=O)(=O)[O-])(C(F)(F)F)C(F)(F)F)c12. The Balaban J connectivity index is 0.000000246. The van der Waals surface area contributed by atoms with E-state index in [0.29, 0.717) is 51.9 Å². The second kappa shape index (κ2) is 33.8. The van der Waals surface area contributed by atoms with Crippen molar-refractivity contribution >= 4 is 280 Å². The largest absolute Gasteiger partial charge is 0.748 e. The molecule has 0 aromatic heterocycles. The monoisotopic (exact) mass is 2540 g/mol. The highest BCUT2D eigenvalue weighted by Crippen LogP contribution is 2.66. The molecule has 9 rings (SSSR count). The fourth-order valence-corrected chi connectivity index (χ4v) is 25.5. The van der Waals surface area contributed by atoms with Gasteiger partial charge in [0.15, 0.2) is 17.2 Å². The van der Waals surface area contributed by atoms with Gasteiger partial charge in [0.2, 0.25) is 11.2 Å². The van der Waals surface area contributed by atoms with E-state index < -0.39 is 152 Å². The van der Waals surface area contributed by atoms with Crippen LogP contribution in [0, 0.1) is 54.8 Å². The van der Waals surface area contributed by atoms with Crippen LogP contribution in [0.2, 0.25) is 0 Å². The topological polar surface area (TPSA) is 329 Å². The maximum absolute atomic E-state index is 13.8. The molecule has 4 atom stereocenters. The maximum Gasteiger partial charge on any atom is 0.438 e. The molecule has 0 aliphatic heterocycles. The van der Waals surface area contributed by atoms with E-state index in [1.54, 1.807) is 24.3 Å². The number of carbonyl (C=O) groups excluding carboxylic acids is 6. The zero-order chi connectivity index (χ0) is 78.4. The fourth-order valence-electron chi connectivity index (χ4n) is 11.4. The van der Waals surface area contributed by atoms with Crippen LogP contribution < -0.4 is 14.2 Å². The summed E-state index contributed by atoms with van der Waals surface area (Å²) >= 11 is 18.0. The molecular formula is C58H40F12I9O21S3-3. The number of rotatable bonds is 18. The van der Waals surface area contributed by atoms with Crippen molar-refractivity contribution in [2.75, 3.05) is 17.3 Å². The molecule has 5 aromatic rings. The fraction of sp³-hybridized carbons (Fsp3) is 0.379. The lowest BCUT2D eigenvalue weighted by Gasteiger charge is -2.59. The number of hydrogen-bond acceptors (Lipinski definition) is 21. The van der Waals surface area contributed by atoms with Crippen LogP contribution in [0.3, 0.4) is 0 Å². The number of fused-ring (bicyclic) bond motifs is 1. The molecule has 566 valence electrons. The molecule has 21 nitrogen and oxygen atoms in total. The molecule has 0 spiro atoms. The maximum atomic E-state index is 13.8. The van der Waals surface area contributed by atoms with Crippen LogP contribution in [0.4, 0.5) is 52.7 Å². The van der Waals surface area contributed by atoms with Gasteiger partial charge in [-0.2, -0.15) is 52.7 Å². The van der Waals surface area contributed by atoms with Gasteiger partial charge in [0.25, 0.3) is 0 Å². The Morgan fingerprint density at radius 1 is 0.456 bits per heavy atom. The summed E-state index contributed by atoms with van der Waals surface area (Å²) in [6, 6.07) is 17.4. The summed E-state index contributed by atoms with van der Waals surface area (Å²) in [7, 11) is -17.0. The number of carbonyl (C=O) groups is 6. The standard InChI is InChI=1S/C22H11F6I3O7S.C22H22F3I3O7S.C14H10F3I3O7S/c23-21(24,25)20(22(26,27)28,9-39(34,35)36)38-19(33)13-6-2-4-10-3-1-5-12(16(10)13)18(32)37-17-14(30)7-11(29)8-15(17)31;1-19(22(23,24)25,10-36(31,32)33)35-18(30)21-7-11-2-12(8-21)6-20(5-11,9-21)17(29)34-16-14(27)3-13(26)4-15(16)28;1-13(14(15,16)17,6-28(23,24)25)27-11(22)3-2-10(21)26-12-8(19)4-7(18)5-9(12)20/h1-8H,9H2,(H,34,35,36);3-4,11-12H,2,5-10H2,1H3,(H,31,32,33);2-5H,6H2,1H3,(H,23,24,25)/p-3/b;;3-2-. The zero-order valence-electron chi connectivity index (χ0n) is 50.8. The summed E-state index contributed by atoms with van der Waals surface area (Å²) in [5, 5.41) is -0.388. The zero-order valence-corrected chi connectivity index (χ0v) is 72.7. The summed E-state index contributed by atoms with van der Waals surface area (Å²) in [5.41, 5.74) is -16.5. The van der Waals surface area contributed by atoms with Gasteiger partial charge in [-0.1, -0.05) is 24.3 Å². The van der Waals surface area contributed by atoms with Gasteiger partial charge in [0.05, 0.1) is 91.0 Å². The van der Waals surface area contributed by atoms with Gasteiger partial charge in [-0.05, 0) is 321 Å². The molecule has 0 N–H and O–H groups in total. The highest BCUT2D eigenvalue weighted by Gasteiger charge is 2.75. The third-order valence-corrected chi connectivity index (χ3v) is 24.7. The molecule has 0 saturated heterocycles. The van der Waals surface area contributed by atoms with Gasteiger partial charge < -0.3 is 42.1 Å². The third-order valence-electron chi connectivity index (χ3n) is 15.4.